The van der Waals surface area contributed by atoms with Crippen LogP contribution in [0.15, 0.2) is 85.1 Å². The third-order valence-electron chi connectivity index (χ3n) is 9.31. The van der Waals surface area contributed by atoms with Crippen LogP contribution < -0.4 is 0 Å². The van der Waals surface area contributed by atoms with Crippen molar-refractivity contribution in [3.05, 3.63) is 85.1 Å². The Kier molecular flexibility index (Phi) is 31.7. The lowest BCUT2D eigenvalue weighted by Gasteiger charge is -2.41. The number of ether oxygens (including phenoxy) is 2. The minimum atomic E-state index is -5.17. The smallest absolute Gasteiger partial charge is 0.462 e. The number of aliphatic hydroxyl groups is 6. The van der Waals surface area contributed by atoms with Gasteiger partial charge in [0.15, 0.2) is 6.10 Å². The highest BCUT2D eigenvalue weighted by molar-refractivity contribution is 7.47. The molecule has 1 rings (SSSR count). The van der Waals surface area contributed by atoms with Crippen LogP contribution in [0.5, 0.6) is 0 Å². The van der Waals surface area contributed by atoms with Gasteiger partial charge in [-0.25, -0.2) is 4.57 Å². The molecule has 9 atom stereocenters. The fourth-order valence-corrected chi connectivity index (χ4v) is 6.79. The molecule has 15 heteroatoms. The molecule has 1 saturated carbocycles. The van der Waals surface area contributed by atoms with Crippen molar-refractivity contribution in [2.24, 2.45) is 0 Å². The van der Waals surface area contributed by atoms with Gasteiger partial charge in [-0.15, -0.1) is 0 Å². The minimum Gasteiger partial charge on any atom is -0.462 e. The number of esters is 2. The Morgan fingerprint density at radius 3 is 1.78 bits per heavy atom. The molecule has 0 aromatic heterocycles. The highest BCUT2D eigenvalue weighted by Crippen LogP contribution is 2.47. The fraction of sp³-hybridized carbons (Fsp3) is 0.644. The standard InChI is InChI=1S/C45H73O14P/c1-3-5-7-9-11-13-15-17-19-21-23-25-27-30-36(46)31-29-33-38(47)56-34-37(35-57-60(54,55)59-45-43(52)41(50)40(49)42(51)44(45)53)58-39(48)32-28-26-24-22-20-18-16-14-12-10-8-6-4-2/h5,7-8,10-11,13-14,16-17,19,23,25,27,30,36-37,40-46,49-53H,3-4,6,9,12,15,18,20-22,24,26,28-29,31-35H2,1-2H3,(H,54,55)/b7-5-,10-8-,13-11-,16-14-,19-17-,25-23-,30-27+/t36?,37-,40?,41-,42+,43-,44-,45?/m1/s1. The molecule has 0 amide bonds. The third kappa shape index (κ3) is 27.0. The number of unbranched alkanes of at least 4 members (excludes halogenated alkanes) is 6. The minimum absolute atomic E-state index is 0.0343. The van der Waals surface area contributed by atoms with Crippen LogP contribution in [0.1, 0.15) is 123 Å². The van der Waals surface area contributed by atoms with Crippen LogP contribution in [0.3, 0.4) is 0 Å². The number of hydrogen-bond donors (Lipinski definition) is 7. The van der Waals surface area contributed by atoms with Gasteiger partial charge in [0.2, 0.25) is 0 Å². The molecule has 1 fully saturated rings. The van der Waals surface area contributed by atoms with Crippen LogP contribution in [0.4, 0.5) is 0 Å². The van der Waals surface area contributed by atoms with Crippen LogP contribution in [0.2, 0.25) is 0 Å². The molecular weight excluding hydrogens is 795 g/mol. The summed E-state index contributed by atoms with van der Waals surface area (Å²) >= 11 is 0. The maximum absolute atomic E-state index is 12.8. The zero-order chi connectivity index (χ0) is 44.4. The van der Waals surface area contributed by atoms with Crippen molar-refractivity contribution in [1.82, 2.24) is 0 Å². The largest absolute Gasteiger partial charge is 0.472 e. The van der Waals surface area contributed by atoms with E-state index in [1.165, 1.54) is 0 Å². The maximum Gasteiger partial charge on any atom is 0.472 e. The van der Waals surface area contributed by atoms with E-state index in [1.54, 1.807) is 12.2 Å². The highest BCUT2D eigenvalue weighted by atomic mass is 31.2. The average Bonchev–Trinajstić information content (AvgIpc) is 3.22. The van der Waals surface area contributed by atoms with Gasteiger partial charge in [-0.3, -0.25) is 18.6 Å². The van der Waals surface area contributed by atoms with Gasteiger partial charge < -0.3 is 45.0 Å². The predicted octanol–water partition coefficient (Wildman–Crippen LogP) is 6.69. The van der Waals surface area contributed by atoms with Gasteiger partial charge in [-0.2, -0.15) is 0 Å². The fourth-order valence-electron chi connectivity index (χ4n) is 5.82. The van der Waals surface area contributed by atoms with E-state index < -0.39 is 81.8 Å². The summed E-state index contributed by atoms with van der Waals surface area (Å²) in [4.78, 5) is 35.6. The first-order valence-electron chi connectivity index (χ1n) is 21.5. The van der Waals surface area contributed by atoms with Gasteiger partial charge in [0.1, 0.15) is 43.2 Å². The van der Waals surface area contributed by atoms with Crippen LogP contribution in [0.25, 0.3) is 0 Å². The Morgan fingerprint density at radius 2 is 1.15 bits per heavy atom. The number of hydrogen-bond acceptors (Lipinski definition) is 13. The molecule has 0 aromatic rings. The lowest BCUT2D eigenvalue weighted by molar-refractivity contribution is -0.220. The molecule has 14 nitrogen and oxygen atoms in total. The summed E-state index contributed by atoms with van der Waals surface area (Å²) < 4.78 is 33.3. The van der Waals surface area contributed by atoms with Crippen LogP contribution in [-0.4, -0.2) is 110 Å². The number of rotatable bonds is 33. The van der Waals surface area contributed by atoms with E-state index >= 15 is 0 Å². The highest BCUT2D eigenvalue weighted by Gasteiger charge is 2.51. The Morgan fingerprint density at radius 1 is 0.617 bits per heavy atom. The second-order valence-corrected chi connectivity index (χ2v) is 16.1. The molecule has 0 radical (unpaired) electrons. The van der Waals surface area contributed by atoms with Crippen LogP contribution in [0, 0.1) is 0 Å². The Labute approximate surface area is 357 Å². The first-order chi connectivity index (χ1) is 28.8. The molecule has 0 saturated heterocycles. The van der Waals surface area contributed by atoms with Crippen molar-refractivity contribution in [3.63, 3.8) is 0 Å². The van der Waals surface area contributed by atoms with Gasteiger partial charge in [-0.1, -0.05) is 125 Å². The van der Waals surface area contributed by atoms with Crippen molar-refractivity contribution in [2.45, 2.75) is 172 Å². The number of carbonyl (C=O) groups excluding carboxylic acids is 2. The lowest BCUT2D eigenvalue weighted by Crippen LogP contribution is -2.64. The van der Waals surface area contributed by atoms with Crippen molar-refractivity contribution in [3.8, 4) is 0 Å². The first-order valence-corrected chi connectivity index (χ1v) is 23.0. The topological polar surface area (TPSA) is 230 Å². The number of allylic oxidation sites excluding steroid dienone is 13. The molecule has 0 aromatic carbocycles. The van der Waals surface area contributed by atoms with Crippen molar-refractivity contribution in [1.29, 1.82) is 0 Å². The van der Waals surface area contributed by atoms with Gasteiger partial charge >= 0.3 is 19.8 Å². The molecule has 0 aliphatic heterocycles. The Hall–Kier alpha value is -3.01. The van der Waals surface area contributed by atoms with Crippen LogP contribution >= 0.6 is 7.82 Å². The zero-order valence-corrected chi connectivity index (χ0v) is 36.5. The zero-order valence-electron chi connectivity index (χ0n) is 35.6. The average molecular weight is 869 g/mol. The second-order valence-electron chi connectivity index (χ2n) is 14.7. The molecule has 0 spiro atoms. The van der Waals surface area contributed by atoms with Crippen LogP contribution in [-0.2, 0) is 32.7 Å². The molecule has 4 unspecified atom stereocenters. The van der Waals surface area contributed by atoms with Crippen molar-refractivity contribution >= 4 is 19.8 Å². The molecule has 1 aliphatic rings. The first kappa shape index (κ1) is 55.0. The Balaban J connectivity index is 2.60. The second kappa shape index (κ2) is 34.6. The molecule has 1 aliphatic carbocycles. The summed E-state index contributed by atoms with van der Waals surface area (Å²) in [5, 5.41) is 60.3. The van der Waals surface area contributed by atoms with Gasteiger partial charge in [0, 0.05) is 12.8 Å². The Bertz CT molecular complexity index is 1390. The van der Waals surface area contributed by atoms with Crippen molar-refractivity contribution in [2.75, 3.05) is 13.2 Å². The molecule has 7 N–H and O–H groups in total. The summed E-state index contributed by atoms with van der Waals surface area (Å²) in [6.07, 6.45) is 26.7. The molecule has 60 heavy (non-hydrogen) atoms. The normalized spacial score (nSPS) is 23.6. The SMILES string of the molecule is CC/C=C\C/C=C\C/C=C\C/C=C\C=C\C(O)CCCC(=O)OC[C@H](COP(=O)(O)OC1[C@H](O)[C@H](O)C(O)[C@H](O)[C@H]1O)OC(=O)CCCCCCC/C=C\C/C=C\CCC. The number of phosphoric acid groups is 1. The van der Waals surface area contributed by atoms with Gasteiger partial charge in [-0.05, 0) is 70.6 Å². The van der Waals surface area contributed by atoms with Gasteiger partial charge in [0.05, 0.1) is 12.7 Å². The monoisotopic (exact) mass is 868 g/mol. The molecule has 0 heterocycles. The summed E-state index contributed by atoms with van der Waals surface area (Å²) in [6.45, 7) is 2.90. The van der Waals surface area contributed by atoms with E-state index in [1.807, 2.05) is 12.2 Å². The summed E-state index contributed by atoms with van der Waals surface area (Å²) in [7, 11) is -5.17. The summed E-state index contributed by atoms with van der Waals surface area (Å²) in [6, 6.07) is 0. The third-order valence-corrected chi connectivity index (χ3v) is 10.3. The van der Waals surface area contributed by atoms with E-state index in [0.29, 0.717) is 6.42 Å². The van der Waals surface area contributed by atoms with Crippen molar-refractivity contribution < 1.29 is 68.2 Å². The van der Waals surface area contributed by atoms with Gasteiger partial charge in [0.25, 0.3) is 0 Å². The van der Waals surface area contributed by atoms with E-state index in [9.17, 15) is 49.7 Å². The number of aliphatic hydroxyl groups excluding tert-OH is 6. The molecular formula is C45H73O14P. The summed E-state index contributed by atoms with van der Waals surface area (Å²) in [5.74, 6) is -1.33. The quantitative estimate of drug-likeness (QED) is 0.0120. The number of carbonyl (C=O) groups is 2. The number of phosphoric ester groups is 1. The summed E-state index contributed by atoms with van der Waals surface area (Å²) in [5.41, 5.74) is 0. The van der Waals surface area contributed by atoms with E-state index in [4.69, 9.17) is 18.5 Å². The lowest BCUT2D eigenvalue weighted by atomic mass is 9.85. The molecule has 342 valence electrons. The maximum atomic E-state index is 12.8. The van der Waals surface area contributed by atoms with E-state index in [2.05, 4.69) is 74.6 Å². The molecule has 0 bridgehead atoms. The van der Waals surface area contributed by atoms with E-state index in [0.717, 1.165) is 77.0 Å². The van der Waals surface area contributed by atoms with E-state index in [-0.39, 0.29) is 25.7 Å². The predicted molar refractivity (Wildman–Crippen MR) is 231 cm³/mol.